The first-order chi connectivity index (χ1) is 36.2. The van der Waals surface area contributed by atoms with Crippen LogP contribution in [0.3, 0.4) is 0 Å². The molecule has 0 unspecified atom stereocenters. The van der Waals surface area contributed by atoms with Crippen molar-refractivity contribution in [3.63, 3.8) is 0 Å². The van der Waals surface area contributed by atoms with Crippen LogP contribution in [0.15, 0.2) is 237 Å². The summed E-state index contributed by atoms with van der Waals surface area (Å²) >= 11 is 6.14. The van der Waals surface area contributed by atoms with E-state index in [9.17, 15) is 0 Å². The molecule has 344 valence electrons. The minimum atomic E-state index is 1.19. The lowest BCUT2D eigenvalue weighted by molar-refractivity contribution is 1.18. The van der Waals surface area contributed by atoms with Crippen LogP contribution in [0.5, 0.6) is 0 Å². The highest BCUT2D eigenvalue weighted by Gasteiger charge is 2.22. The Bertz CT molecular complexity index is 4690. The molecule has 0 saturated heterocycles. The summed E-state index contributed by atoms with van der Waals surface area (Å²) < 4.78 is 11.6. The van der Waals surface area contributed by atoms with E-state index in [-0.39, 0.29) is 0 Å². The molecule has 4 nitrogen and oxygen atoms in total. The van der Waals surface area contributed by atoms with Crippen molar-refractivity contribution in [1.82, 2.24) is 19.1 Å². The van der Waals surface area contributed by atoms with Gasteiger partial charge in [-0.25, -0.2) is 0 Å². The maximum atomic E-state index is 3.58. The van der Waals surface area contributed by atoms with Gasteiger partial charge in [-0.15, -0.1) is 22.7 Å². The van der Waals surface area contributed by atoms with Crippen molar-refractivity contribution < 1.29 is 0 Å². The molecule has 6 heterocycles. The number of fused-ring (bicyclic) bond motifs is 22. The van der Waals surface area contributed by atoms with E-state index in [1.54, 1.807) is 0 Å². The molecule has 0 amide bonds. The van der Waals surface area contributed by atoms with Crippen molar-refractivity contribution in [2.75, 3.05) is 0 Å². The monoisotopic (exact) mass is 1080 g/mol. The predicted octanol–water partition coefficient (Wildman–Crippen LogP) is 19.9. The van der Waals surface area contributed by atoms with Crippen LogP contribution in [0.1, 0.15) is 0 Å². The number of hydrogen-bond acceptors (Lipinski definition) is 2. The van der Waals surface area contributed by atoms with E-state index in [0.29, 0.717) is 0 Å². The first kappa shape index (κ1) is 42.5. The maximum absolute atomic E-state index is 3.58. The van der Waals surface area contributed by atoms with Gasteiger partial charge in [0.2, 0.25) is 0 Å². The lowest BCUT2D eigenvalue weighted by atomic mass is 10.1. The van der Waals surface area contributed by atoms with E-state index in [4.69, 9.17) is 0 Å². The van der Waals surface area contributed by atoms with Crippen molar-refractivity contribution in [3.8, 4) is 11.4 Å². The number of aromatic amines is 2. The zero-order valence-corrected chi connectivity index (χ0v) is 42.9. The van der Waals surface area contributed by atoms with Crippen molar-refractivity contribution in [1.29, 1.82) is 0 Å². The lowest BCUT2D eigenvalue weighted by Crippen LogP contribution is -1.92. The van der Waals surface area contributed by atoms with Gasteiger partial charge in [0, 0.05) is 120 Å². The molecule has 2 N–H and O–H groups in total. The Labute approximate surface area is 440 Å². The summed E-state index contributed by atoms with van der Waals surface area (Å²) in [5.41, 5.74) is 12.2. The summed E-state index contributed by atoms with van der Waals surface area (Å²) in [7, 11) is 0. The van der Waals surface area contributed by atoms with Crippen LogP contribution in [0, 0.1) is 3.57 Å². The second-order valence-electron chi connectivity index (χ2n) is 18.6. The highest BCUT2D eigenvalue weighted by atomic mass is 127. The molecule has 17 aromatic rings. The number of hydrogen-bond donors (Lipinski definition) is 2. The van der Waals surface area contributed by atoms with Crippen LogP contribution in [-0.4, -0.2) is 19.1 Å². The third-order valence-electron chi connectivity index (χ3n) is 14.6. The fraction of sp³-hybridized carbons (Fsp3) is 0. The average molecular weight is 1080 g/mol. The third kappa shape index (κ3) is 6.62. The number of rotatable bonds is 2. The van der Waals surface area contributed by atoms with Crippen LogP contribution >= 0.6 is 45.3 Å². The number of H-pyrrole nitrogens is 2. The van der Waals surface area contributed by atoms with Gasteiger partial charge >= 0.3 is 0 Å². The van der Waals surface area contributed by atoms with Crippen LogP contribution < -0.4 is 0 Å². The van der Waals surface area contributed by atoms with E-state index < -0.39 is 0 Å². The fourth-order valence-corrected chi connectivity index (χ4v) is 14.7. The smallest absolute Gasteiger partial charge is 0.0555 e. The van der Waals surface area contributed by atoms with Crippen molar-refractivity contribution in [3.05, 3.63) is 240 Å². The number of thiophene rings is 2. The molecule has 17 rings (SSSR count). The molecular formula is C66H41IN4S2. The van der Waals surface area contributed by atoms with E-state index >= 15 is 0 Å². The number of para-hydroxylation sites is 6. The summed E-state index contributed by atoms with van der Waals surface area (Å²) in [6.45, 7) is 0. The number of nitrogens with one attached hydrogen (secondary N) is 2. The molecule has 73 heavy (non-hydrogen) atoms. The van der Waals surface area contributed by atoms with Gasteiger partial charge in [0.15, 0.2) is 0 Å². The van der Waals surface area contributed by atoms with Crippen LogP contribution in [0.2, 0.25) is 0 Å². The van der Waals surface area contributed by atoms with Crippen molar-refractivity contribution >= 4 is 173 Å². The molecule has 0 aliphatic rings. The zero-order valence-electron chi connectivity index (χ0n) is 39.1. The Kier molecular flexibility index (Phi) is 9.86. The van der Waals surface area contributed by atoms with E-state index in [1.807, 2.05) is 40.9 Å². The van der Waals surface area contributed by atoms with Gasteiger partial charge < -0.3 is 19.1 Å². The molecule has 7 heteroatoms. The van der Waals surface area contributed by atoms with Gasteiger partial charge in [0.1, 0.15) is 0 Å². The normalized spacial score (nSPS) is 11.9. The molecule has 0 bridgehead atoms. The van der Waals surface area contributed by atoms with Gasteiger partial charge in [-0.3, -0.25) is 0 Å². The van der Waals surface area contributed by atoms with E-state index in [2.05, 4.69) is 260 Å². The average Bonchev–Trinajstić information content (AvgIpc) is 4.34. The molecule has 0 aliphatic carbocycles. The second-order valence-corrected chi connectivity index (χ2v) is 21.9. The van der Waals surface area contributed by atoms with E-state index in [0.717, 1.165) is 0 Å². The Morgan fingerprint density at radius 1 is 0.260 bits per heavy atom. The van der Waals surface area contributed by atoms with Crippen molar-refractivity contribution in [2.45, 2.75) is 0 Å². The molecule has 0 aliphatic heterocycles. The Morgan fingerprint density at radius 2 is 0.603 bits per heavy atom. The SMILES string of the molecule is Ic1ccccc1.c1ccc(-n2c3ccccc3c3c4sc5c(ccc6c5c5ccccc5n6-c5ccccc5)c4ccc32)cc1.c1ccc2c(c1)[nH]c1ccc3c4ccc5[nH]c6ccccc6c5c4sc3c12. The Morgan fingerprint density at radius 3 is 1.01 bits per heavy atom. The maximum Gasteiger partial charge on any atom is 0.0555 e. The summed E-state index contributed by atoms with van der Waals surface area (Å²) in [6.07, 6.45) is 0. The number of benzene rings is 11. The molecule has 0 atom stereocenters. The van der Waals surface area contributed by atoms with Gasteiger partial charge in [0.25, 0.3) is 0 Å². The Balaban J connectivity index is 0.000000120. The molecule has 0 radical (unpaired) electrons. The van der Waals surface area contributed by atoms with Crippen LogP contribution in [0.4, 0.5) is 0 Å². The standard InChI is InChI=1S/C36H22N2S.C24H14N2S.C6H5I/c1-3-11-23(12-4-1)37-29-17-9-7-15-27(29)33-31(37)21-19-25-26-20-22-32-34(36(26)39-35(25)33)28-16-8-10-18-30(28)38(32)24-13-5-2-6-14-24;1-3-7-17-15(5-1)21-19(25-17)11-9-13-14-10-12-20-22(24(14)27-23(13)21)16-6-2-4-8-18(16)26-20;7-6-4-2-1-3-5-6/h1-22H;1-12,25-26H;1-5H. The van der Waals surface area contributed by atoms with Gasteiger partial charge in [0.05, 0.1) is 22.1 Å². The minimum absolute atomic E-state index is 1.19. The van der Waals surface area contributed by atoms with Gasteiger partial charge in [-0.05, 0) is 108 Å². The molecule has 11 aromatic carbocycles. The molecule has 0 saturated carbocycles. The van der Waals surface area contributed by atoms with Crippen molar-refractivity contribution in [2.24, 2.45) is 0 Å². The summed E-state index contributed by atoms with van der Waals surface area (Å²) in [6, 6.07) is 84.8. The number of nitrogens with zero attached hydrogens (tertiary/aromatic N) is 2. The fourth-order valence-electron chi connectivity index (χ4n) is 11.5. The summed E-state index contributed by atoms with van der Waals surface area (Å²) in [5.74, 6) is 0. The van der Waals surface area contributed by atoms with Crippen LogP contribution in [0.25, 0.3) is 139 Å². The highest BCUT2D eigenvalue weighted by Crippen LogP contribution is 2.48. The van der Waals surface area contributed by atoms with E-state index in [1.165, 1.54) is 143 Å². The number of halogens is 1. The lowest BCUT2D eigenvalue weighted by Gasteiger charge is -2.07. The topological polar surface area (TPSA) is 41.4 Å². The second kappa shape index (κ2) is 17.0. The molecular weight excluding hydrogens is 1040 g/mol. The molecule has 6 aromatic heterocycles. The molecule has 0 spiro atoms. The quantitative estimate of drug-likeness (QED) is 0.162. The third-order valence-corrected chi connectivity index (χ3v) is 17.8. The summed E-state index contributed by atoms with van der Waals surface area (Å²) in [5, 5.41) is 15.9. The highest BCUT2D eigenvalue weighted by molar-refractivity contribution is 14.1. The van der Waals surface area contributed by atoms with Gasteiger partial charge in [-0.1, -0.05) is 152 Å². The largest absolute Gasteiger partial charge is 0.354 e. The summed E-state index contributed by atoms with van der Waals surface area (Å²) in [4.78, 5) is 7.15. The first-order valence-electron chi connectivity index (χ1n) is 24.5. The first-order valence-corrected chi connectivity index (χ1v) is 27.2. The van der Waals surface area contributed by atoms with Gasteiger partial charge in [-0.2, -0.15) is 0 Å². The zero-order chi connectivity index (χ0) is 48.1. The molecule has 0 fully saturated rings. The van der Waals surface area contributed by atoms with Crippen LogP contribution in [-0.2, 0) is 0 Å². The Hall–Kier alpha value is -8.21. The predicted molar refractivity (Wildman–Crippen MR) is 325 cm³/mol. The number of aromatic nitrogens is 4. The minimum Gasteiger partial charge on any atom is -0.354 e.